The highest BCUT2D eigenvalue weighted by Gasteiger charge is 2.41. The lowest BCUT2D eigenvalue weighted by molar-refractivity contribution is -0.134. The van der Waals surface area contributed by atoms with Crippen LogP contribution in [0.4, 0.5) is 5.69 Å². The molecule has 178 valence electrons. The average Bonchev–Trinajstić information content (AvgIpc) is 3.39. The molecule has 1 amide bonds. The van der Waals surface area contributed by atoms with Crippen LogP contribution >= 0.6 is 0 Å². The molecule has 3 aromatic rings. The van der Waals surface area contributed by atoms with Crippen LogP contribution in [0.3, 0.4) is 0 Å². The maximum Gasteiger partial charge on any atom is 0.243 e. The highest BCUT2D eigenvalue weighted by atomic mass is 32.2. The van der Waals surface area contributed by atoms with E-state index in [1.54, 1.807) is 19.2 Å². The number of nitrogens with zero attached hydrogens (tertiary/aromatic N) is 3. The number of sulfonamides is 1. The van der Waals surface area contributed by atoms with Gasteiger partial charge in [0.1, 0.15) is 11.8 Å². The molecule has 34 heavy (non-hydrogen) atoms. The number of hydrogen-bond acceptors (Lipinski definition) is 5. The number of ether oxygens (including phenoxy) is 1. The van der Waals surface area contributed by atoms with Crippen LogP contribution in [0.2, 0.25) is 0 Å². The van der Waals surface area contributed by atoms with Crippen molar-refractivity contribution in [3.8, 4) is 5.75 Å². The lowest BCUT2D eigenvalue weighted by Crippen LogP contribution is -2.54. The summed E-state index contributed by atoms with van der Waals surface area (Å²) in [7, 11) is -2.12. The van der Waals surface area contributed by atoms with E-state index in [4.69, 9.17) is 4.74 Å². The third kappa shape index (κ3) is 4.23. The topological polar surface area (TPSA) is 70.2 Å². The fraction of sp³-hybridized carbons (Fsp3) is 0.346. The Morgan fingerprint density at radius 1 is 0.882 bits per heavy atom. The molecule has 2 aliphatic heterocycles. The van der Waals surface area contributed by atoms with Gasteiger partial charge in [-0.1, -0.05) is 30.3 Å². The predicted molar refractivity (Wildman–Crippen MR) is 133 cm³/mol. The van der Waals surface area contributed by atoms with Crippen LogP contribution in [0.5, 0.6) is 5.75 Å². The van der Waals surface area contributed by atoms with Crippen molar-refractivity contribution in [3.05, 3.63) is 66.7 Å². The number of hydrogen-bond donors (Lipinski definition) is 0. The minimum atomic E-state index is -3.76. The van der Waals surface area contributed by atoms with Gasteiger partial charge in [-0.15, -0.1) is 0 Å². The second-order valence-corrected chi connectivity index (χ2v) is 10.7. The van der Waals surface area contributed by atoms with Gasteiger partial charge in [0, 0.05) is 38.4 Å². The monoisotopic (exact) mass is 479 g/mol. The van der Waals surface area contributed by atoms with Gasteiger partial charge in [-0.05, 0) is 60.0 Å². The molecule has 0 radical (unpaired) electrons. The van der Waals surface area contributed by atoms with Crippen molar-refractivity contribution in [3.63, 3.8) is 0 Å². The Balaban J connectivity index is 1.29. The molecule has 0 aliphatic carbocycles. The van der Waals surface area contributed by atoms with E-state index >= 15 is 0 Å². The van der Waals surface area contributed by atoms with E-state index in [9.17, 15) is 13.2 Å². The first kappa shape index (κ1) is 22.7. The molecule has 2 saturated heterocycles. The van der Waals surface area contributed by atoms with E-state index < -0.39 is 16.1 Å². The average molecular weight is 480 g/mol. The van der Waals surface area contributed by atoms with Crippen molar-refractivity contribution in [1.29, 1.82) is 0 Å². The van der Waals surface area contributed by atoms with Crippen LogP contribution in [0.25, 0.3) is 10.8 Å². The number of methoxy groups -OCH3 is 1. The van der Waals surface area contributed by atoms with Crippen molar-refractivity contribution < 1.29 is 17.9 Å². The quantitative estimate of drug-likeness (QED) is 0.561. The molecule has 0 saturated carbocycles. The van der Waals surface area contributed by atoms with Crippen LogP contribution in [0.1, 0.15) is 12.8 Å². The standard InChI is InChI=1S/C26H29N3O4S/c1-33-23-11-9-22(10-12-23)27-15-17-28(18-16-27)26(30)25-7-4-14-29(25)34(31,32)24-13-8-20-5-2-3-6-21(20)19-24/h2-3,5-6,8-13,19,25H,4,7,14-18H2,1H3/t25-/m0/s1. The maximum absolute atomic E-state index is 13.5. The van der Waals surface area contributed by atoms with E-state index in [0.717, 1.165) is 22.2 Å². The van der Waals surface area contributed by atoms with Gasteiger partial charge in [-0.2, -0.15) is 4.31 Å². The molecule has 0 bridgehead atoms. The number of anilines is 1. The molecular formula is C26H29N3O4S. The summed E-state index contributed by atoms with van der Waals surface area (Å²) in [6, 6.07) is 20.1. The lowest BCUT2D eigenvalue weighted by atomic mass is 10.1. The summed E-state index contributed by atoms with van der Waals surface area (Å²) in [5.41, 5.74) is 1.09. The number of benzene rings is 3. The molecule has 2 fully saturated rings. The summed E-state index contributed by atoms with van der Waals surface area (Å²) in [5.74, 6) is 0.725. The minimum Gasteiger partial charge on any atom is -0.497 e. The van der Waals surface area contributed by atoms with E-state index in [-0.39, 0.29) is 10.8 Å². The molecule has 5 rings (SSSR count). The molecule has 0 aromatic heterocycles. The number of fused-ring (bicyclic) bond motifs is 1. The van der Waals surface area contributed by atoms with Gasteiger partial charge in [-0.3, -0.25) is 4.79 Å². The summed E-state index contributed by atoms with van der Waals surface area (Å²) >= 11 is 0. The van der Waals surface area contributed by atoms with Gasteiger partial charge in [-0.25, -0.2) is 8.42 Å². The number of amides is 1. The van der Waals surface area contributed by atoms with E-state index in [1.165, 1.54) is 4.31 Å². The van der Waals surface area contributed by atoms with Gasteiger partial charge in [0.15, 0.2) is 0 Å². The van der Waals surface area contributed by atoms with Crippen LogP contribution in [-0.2, 0) is 14.8 Å². The van der Waals surface area contributed by atoms with Crippen molar-refractivity contribution in [2.45, 2.75) is 23.8 Å². The second kappa shape index (κ2) is 9.27. The molecule has 0 N–H and O–H groups in total. The summed E-state index contributed by atoms with van der Waals surface area (Å²) < 4.78 is 33.6. The van der Waals surface area contributed by atoms with Gasteiger partial charge in [0.05, 0.1) is 12.0 Å². The van der Waals surface area contributed by atoms with Crippen LogP contribution in [0, 0.1) is 0 Å². The first-order valence-electron chi connectivity index (χ1n) is 11.7. The van der Waals surface area contributed by atoms with Crippen LogP contribution < -0.4 is 9.64 Å². The number of carbonyl (C=O) groups excluding carboxylic acids is 1. The molecule has 0 spiro atoms. The van der Waals surface area contributed by atoms with Crippen LogP contribution in [0.15, 0.2) is 71.6 Å². The fourth-order valence-corrected chi connectivity index (χ4v) is 6.61. The van der Waals surface area contributed by atoms with Crippen molar-refractivity contribution in [2.75, 3.05) is 44.7 Å². The molecule has 8 heteroatoms. The molecule has 2 heterocycles. The SMILES string of the molecule is COc1ccc(N2CCN(C(=O)[C@@H]3CCCN3S(=O)(=O)c3ccc4ccccc4c3)CC2)cc1. The minimum absolute atomic E-state index is 0.0868. The largest absolute Gasteiger partial charge is 0.497 e. The highest BCUT2D eigenvalue weighted by Crippen LogP contribution is 2.30. The maximum atomic E-state index is 13.5. The van der Waals surface area contributed by atoms with Gasteiger partial charge in [0.25, 0.3) is 0 Å². The molecule has 2 aliphatic rings. The Labute approximate surface area is 200 Å². The third-order valence-electron chi connectivity index (χ3n) is 6.85. The Morgan fingerprint density at radius 2 is 1.59 bits per heavy atom. The molecular weight excluding hydrogens is 450 g/mol. The Kier molecular flexibility index (Phi) is 6.18. The lowest BCUT2D eigenvalue weighted by Gasteiger charge is -2.38. The van der Waals surface area contributed by atoms with E-state index in [2.05, 4.69) is 4.90 Å². The highest BCUT2D eigenvalue weighted by molar-refractivity contribution is 7.89. The van der Waals surface area contributed by atoms with Gasteiger partial charge >= 0.3 is 0 Å². The second-order valence-electron chi connectivity index (χ2n) is 8.79. The summed E-state index contributed by atoms with van der Waals surface area (Å²) in [6.45, 7) is 2.94. The summed E-state index contributed by atoms with van der Waals surface area (Å²) in [6.07, 6.45) is 1.25. The van der Waals surface area contributed by atoms with Crippen molar-refractivity contribution >= 4 is 32.4 Å². The fourth-order valence-electron chi connectivity index (χ4n) is 4.93. The zero-order valence-electron chi connectivity index (χ0n) is 19.3. The van der Waals surface area contributed by atoms with Crippen LogP contribution in [-0.4, -0.2) is 69.4 Å². The Bertz CT molecular complexity index is 1280. The summed E-state index contributed by atoms with van der Waals surface area (Å²) in [4.78, 5) is 17.7. The van der Waals surface area contributed by atoms with Crippen molar-refractivity contribution in [1.82, 2.24) is 9.21 Å². The predicted octanol–water partition coefficient (Wildman–Crippen LogP) is 3.35. The Hall–Kier alpha value is -3.10. The number of piperazine rings is 1. The summed E-state index contributed by atoms with van der Waals surface area (Å²) in [5, 5.41) is 1.87. The van der Waals surface area contributed by atoms with E-state index in [1.807, 2.05) is 59.5 Å². The zero-order chi connectivity index (χ0) is 23.7. The van der Waals surface area contributed by atoms with Gasteiger partial charge in [0.2, 0.25) is 15.9 Å². The first-order valence-corrected chi connectivity index (χ1v) is 13.1. The zero-order valence-corrected chi connectivity index (χ0v) is 20.1. The molecule has 0 unspecified atom stereocenters. The van der Waals surface area contributed by atoms with Crippen molar-refractivity contribution in [2.24, 2.45) is 0 Å². The number of rotatable bonds is 5. The molecule has 1 atom stereocenters. The van der Waals surface area contributed by atoms with Gasteiger partial charge < -0.3 is 14.5 Å². The molecule has 7 nitrogen and oxygen atoms in total. The third-order valence-corrected chi connectivity index (χ3v) is 8.75. The molecule has 3 aromatic carbocycles. The first-order chi connectivity index (χ1) is 16.5. The normalized spacial score (nSPS) is 19.5. The number of carbonyl (C=O) groups is 1. The Morgan fingerprint density at radius 3 is 2.29 bits per heavy atom. The smallest absolute Gasteiger partial charge is 0.243 e. The van der Waals surface area contributed by atoms with E-state index in [0.29, 0.717) is 45.6 Å².